The molecule has 0 spiro atoms. The molecule has 32 heavy (non-hydrogen) atoms. The summed E-state index contributed by atoms with van der Waals surface area (Å²) in [7, 11) is 0. The highest BCUT2D eigenvalue weighted by molar-refractivity contribution is 8.02. The maximum Gasteiger partial charge on any atom is 0.319 e. The van der Waals surface area contributed by atoms with Crippen LogP contribution in [0, 0.1) is 0 Å². The molecule has 0 atom stereocenters. The Morgan fingerprint density at radius 3 is 2.56 bits per heavy atom. The number of anilines is 1. The fraction of sp³-hybridized carbons (Fsp3) is 0.292. The summed E-state index contributed by atoms with van der Waals surface area (Å²) in [6.45, 7) is 11.2. The molecule has 2 aromatic rings. The van der Waals surface area contributed by atoms with Crippen LogP contribution in [-0.4, -0.2) is 33.3 Å². The Labute approximate surface area is 197 Å². The number of carboxylic acid groups (broad SMARTS) is 1. The highest BCUT2D eigenvalue weighted by atomic mass is 32.2. The van der Waals surface area contributed by atoms with E-state index >= 15 is 0 Å². The Morgan fingerprint density at radius 2 is 1.97 bits per heavy atom. The molecule has 0 fully saturated rings. The first-order valence-corrected chi connectivity index (χ1v) is 11.7. The van der Waals surface area contributed by atoms with E-state index < -0.39 is 10.7 Å². The molecular weight excluding hydrogens is 444 g/mol. The standard InChI is InChI=1S/C24H28N2O4S2/c1-6-21(12-7-16(2)18-8-10-19(11-9-18)25-17(3)27)30-14-13-20-15-31-23(26-20)32-24(4,5)22(28)29/h6-12,15H,2,13-14H2,1,3-5H3,(H,25,27)(H,28,29)/b12-7-,21-6+. The number of hydrogen-bond acceptors (Lipinski definition) is 6. The van der Waals surface area contributed by atoms with Gasteiger partial charge in [-0.2, -0.15) is 0 Å². The number of nitrogens with one attached hydrogen (secondary N) is 1. The SMILES string of the molecule is C=C(/C=C\C(=C/C)OCCc1csc(SC(C)(C)C(=O)O)n1)c1ccc(NC(C)=O)cc1. The van der Waals surface area contributed by atoms with Crippen LogP contribution in [0.15, 0.2) is 64.6 Å². The van der Waals surface area contributed by atoms with Gasteiger partial charge in [-0.05, 0) is 56.2 Å². The third-order valence-corrected chi connectivity index (χ3v) is 6.50. The van der Waals surface area contributed by atoms with Crippen molar-refractivity contribution in [3.63, 3.8) is 0 Å². The van der Waals surface area contributed by atoms with E-state index in [0.717, 1.165) is 32.6 Å². The van der Waals surface area contributed by atoms with Gasteiger partial charge in [0.15, 0.2) is 4.34 Å². The zero-order valence-electron chi connectivity index (χ0n) is 18.7. The molecule has 6 nitrogen and oxygen atoms in total. The van der Waals surface area contributed by atoms with Crippen LogP contribution < -0.4 is 5.32 Å². The molecule has 0 unspecified atom stereocenters. The molecule has 0 aliphatic heterocycles. The van der Waals surface area contributed by atoms with Crippen molar-refractivity contribution in [2.75, 3.05) is 11.9 Å². The number of carbonyl (C=O) groups excluding carboxylic acids is 1. The van der Waals surface area contributed by atoms with Crippen molar-refractivity contribution in [3.05, 3.63) is 71.5 Å². The van der Waals surface area contributed by atoms with E-state index in [1.807, 2.05) is 54.8 Å². The summed E-state index contributed by atoms with van der Waals surface area (Å²) in [5, 5.41) is 13.9. The van der Waals surface area contributed by atoms with E-state index in [1.165, 1.54) is 30.0 Å². The van der Waals surface area contributed by atoms with E-state index in [0.29, 0.717) is 13.0 Å². The van der Waals surface area contributed by atoms with Crippen LogP contribution in [0.3, 0.4) is 0 Å². The number of amides is 1. The normalized spacial score (nSPS) is 12.1. The number of aromatic nitrogens is 1. The predicted octanol–water partition coefficient (Wildman–Crippen LogP) is 5.79. The Balaban J connectivity index is 1.85. The number of benzene rings is 1. The summed E-state index contributed by atoms with van der Waals surface area (Å²) < 4.78 is 5.66. The molecule has 1 aromatic carbocycles. The van der Waals surface area contributed by atoms with Crippen LogP contribution in [0.1, 0.15) is 39.0 Å². The van der Waals surface area contributed by atoms with Gasteiger partial charge < -0.3 is 15.2 Å². The number of rotatable bonds is 11. The monoisotopic (exact) mass is 472 g/mol. The lowest BCUT2D eigenvalue weighted by Gasteiger charge is -2.15. The Kier molecular flexibility index (Phi) is 9.28. The van der Waals surface area contributed by atoms with Gasteiger partial charge >= 0.3 is 5.97 Å². The number of hydrogen-bond donors (Lipinski definition) is 2. The topological polar surface area (TPSA) is 88.5 Å². The summed E-state index contributed by atoms with van der Waals surface area (Å²) >= 11 is 2.69. The number of aliphatic carboxylic acids is 1. The van der Waals surface area contributed by atoms with Crippen molar-refractivity contribution in [1.29, 1.82) is 0 Å². The molecule has 1 aromatic heterocycles. The van der Waals surface area contributed by atoms with Crippen LogP contribution >= 0.6 is 23.1 Å². The van der Waals surface area contributed by atoms with Crippen molar-refractivity contribution < 1.29 is 19.4 Å². The number of thioether (sulfide) groups is 1. The lowest BCUT2D eigenvalue weighted by atomic mass is 10.1. The molecular formula is C24H28N2O4S2. The van der Waals surface area contributed by atoms with Crippen LogP contribution in [0.5, 0.6) is 0 Å². The Morgan fingerprint density at radius 1 is 1.28 bits per heavy atom. The molecule has 1 amide bonds. The first-order chi connectivity index (χ1) is 15.1. The summed E-state index contributed by atoms with van der Waals surface area (Å²) in [5.41, 5.74) is 3.39. The van der Waals surface area contributed by atoms with Gasteiger partial charge in [-0.1, -0.05) is 36.5 Å². The summed E-state index contributed by atoms with van der Waals surface area (Å²) in [6, 6.07) is 7.47. The quantitative estimate of drug-likeness (QED) is 0.244. The minimum atomic E-state index is -0.915. The lowest BCUT2D eigenvalue weighted by Crippen LogP contribution is -2.26. The first kappa shape index (κ1) is 25.4. The maximum absolute atomic E-state index is 11.3. The third-order valence-electron chi connectivity index (χ3n) is 4.32. The van der Waals surface area contributed by atoms with E-state index in [1.54, 1.807) is 13.8 Å². The molecule has 2 N–H and O–H groups in total. The van der Waals surface area contributed by atoms with Gasteiger partial charge in [0, 0.05) is 24.4 Å². The van der Waals surface area contributed by atoms with Crippen molar-refractivity contribution in [1.82, 2.24) is 4.98 Å². The van der Waals surface area contributed by atoms with Gasteiger partial charge in [0.1, 0.15) is 10.5 Å². The molecule has 170 valence electrons. The predicted molar refractivity (Wildman–Crippen MR) is 132 cm³/mol. The van der Waals surface area contributed by atoms with Gasteiger partial charge in [0.05, 0.1) is 12.3 Å². The first-order valence-electron chi connectivity index (χ1n) is 10.0. The average molecular weight is 473 g/mol. The zero-order valence-corrected chi connectivity index (χ0v) is 20.3. The smallest absolute Gasteiger partial charge is 0.319 e. The van der Waals surface area contributed by atoms with E-state index in [-0.39, 0.29) is 5.91 Å². The molecule has 0 saturated carbocycles. The Bertz CT molecular complexity index is 1020. The van der Waals surface area contributed by atoms with Crippen molar-refractivity contribution in [2.45, 2.75) is 43.2 Å². The number of carboxylic acids is 1. The number of allylic oxidation sites excluding steroid dienone is 4. The summed E-state index contributed by atoms with van der Waals surface area (Å²) in [4.78, 5) is 26.9. The molecule has 1 heterocycles. The average Bonchev–Trinajstić information content (AvgIpc) is 3.16. The van der Waals surface area contributed by atoms with Crippen LogP contribution in [0.25, 0.3) is 5.57 Å². The molecule has 8 heteroatoms. The summed E-state index contributed by atoms with van der Waals surface area (Å²) in [5.74, 6) is -0.252. The second-order valence-corrected chi connectivity index (χ2v) is 10.2. The van der Waals surface area contributed by atoms with Gasteiger partial charge in [-0.25, -0.2) is 4.98 Å². The fourth-order valence-corrected chi connectivity index (χ4v) is 4.69. The van der Waals surface area contributed by atoms with E-state index in [4.69, 9.17) is 4.74 Å². The number of ether oxygens (including phenoxy) is 1. The van der Waals surface area contributed by atoms with Gasteiger partial charge in [-0.15, -0.1) is 11.3 Å². The largest absolute Gasteiger partial charge is 0.494 e. The molecule has 0 bridgehead atoms. The molecule has 0 aliphatic carbocycles. The lowest BCUT2D eigenvalue weighted by molar-refractivity contribution is -0.138. The number of carbonyl (C=O) groups is 2. The number of thiazole rings is 1. The molecule has 0 radical (unpaired) electrons. The van der Waals surface area contributed by atoms with Gasteiger partial charge in [0.25, 0.3) is 0 Å². The third kappa shape index (κ3) is 8.01. The summed E-state index contributed by atoms with van der Waals surface area (Å²) in [6.07, 6.45) is 6.25. The van der Waals surface area contributed by atoms with Crippen LogP contribution in [0.4, 0.5) is 5.69 Å². The van der Waals surface area contributed by atoms with Crippen LogP contribution in [0.2, 0.25) is 0 Å². The van der Waals surface area contributed by atoms with E-state index in [2.05, 4.69) is 16.9 Å². The minimum Gasteiger partial charge on any atom is -0.494 e. The minimum absolute atomic E-state index is 0.108. The molecule has 2 rings (SSSR count). The Hall–Kier alpha value is -2.84. The second kappa shape index (κ2) is 11.7. The van der Waals surface area contributed by atoms with Crippen LogP contribution in [-0.2, 0) is 20.7 Å². The maximum atomic E-state index is 11.3. The molecule has 0 saturated heterocycles. The van der Waals surface area contributed by atoms with E-state index in [9.17, 15) is 14.7 Å². The zero-order chi connectivity index (χ0) is 23.7. The van der Waals surface area contributed by atoms with Crippen molar-refractivity contribution >= 4 is 46.2 Å². The number of nitrogens with zero attached hydrogens (tertiary/aromatic N) is 1. The van der Waals surface area contributed by atoms with Gasteiger partial charge in [-0.3, -0.25) is 9.59 Å². The van der Waals surface area contributed by atoms with Crippen molar-refractivity contribution in [2.24, 2.45) is 0 Å². The van der Waals surface area contributed by atoms with Gasteiger partial charge in [0.2, 0.25) is 5.91 Å². The highest BCUT2D eigenvalue weighted by Gasteiger charge is 2.29. The fourth-order valence-electron chi connectivity index (χ4n) is 2.46. The molecule has 0 aliphatic rings. The second-order valence-electron chi connectivity index (χ2n) is 7.43. The highest BCUT2D eigenvalue weighted by Crippen LogP contribution is 2.34. The van der Waals surface area contributed by atoms with Crippen molar-refractivity contribution in [3.8, 4) is 0 Å².